The Morgan fingerprint density at radius 2 is 1.85 bits per heavy atom. The molecule has 0 spiro atoms. The minimum atomic E-state index is -0.671. The first-order valence-electron chi connectivity index (χ1n) is 10.9. The number of rotatable bonds is 10. The van der Waals surface area contributed by atoms with Crippen LogP contribution in [0, 0.1) is 5.41 Å². The third-order valence-corrected chi connectivity index (χ3v) is 5.09. The molecule has 0 radical (unpaired) electrons. The first kappa shape index (κ1) is 24.2. The van der Waals surface area contributed by atoms with E-state index in [9.17, 15) is 9.59 Å². The molecule has 0 fully saturated rings. The lowest BCUT2D eigenvalue weighted by atomic mass is 9.90. The Kier molecular flexibility index (Phi) is 7.33. The van der Waals surface area contributed by atoms with Crippen LogP contribution in [0.5, 0.6) is 0 Å². The van der Waals surface area contributed by atoms with Gasteiger partial charge in [-0.15, -0.1) is 0 Å². The van der Waals surface area contributed by atoms with Crippen LogP contribution in [0.3, 0.4) is 0 Å². The number of aliphatic hydroxyl groups is 1. The van der Waals surface area contributed by atoms with Crippen LogP contribution in [0.2, 0.25) is 0 Å². The van der Waals surface area contributed by atoms with Gasteiger partial charge < -0.3 is 21.1 Å². The second-order valence-corrected chi connectivity index (χ2v) is 9.38. The molecule has 33 heavy (non-hydrogen) atoms. The molecule has 2 aromatic heterocycles. The molecule has 9 heteroatoms. The lowest BCUT2D eigenvalue weighted by molar-refractivity contribution is -0.118. The molecule has 9 nitrogen and oxygen atoms in total. The summed E-state index contributed by atoms with van der Waals surface area (Å²) in [5.74, 6) is 0.0698. The molecule has 0 saturated heterocycles. The van der Waals surface area contributed by atoms with E-state index in [0.717, 1.165) is 17.7 Å². The number of nitrogens with two attached hydrogens (primary N) is 2. The normalized spacial score (nSPS) is 11.6. The van der Waals surface area contributed by atoms with Crippen molar-refractivity contribution in [3.63, 3.8) is 0 Å². The Morgan fingerprint density at radius 3 is 2.45 bits per heavy atom. The number of Topliss-reactive ketones (excluding diaryl/α,β-unsaturated/α-hetero) is 1. The molecule has 3 rings (SSSR count). The summed E-state index contributed by atoms with van der Waals surface area (Å²) < 4.78 is 6.79. The minimum absolute atomic E-state index is 0.0107. The van der Waals surface area contributed by atoms with Gasteiger partial charge in [0, 0.05) is 31.2 Å². The van der Waals surface area contributed by atoms with Crippen molar-refractivity contribution >= 4 is 17.5 Å². The van der Waals surface area contributed by atoms with Gasteiger partial charge in [-0.05, 0) is 23.8 Å². The van der Waals surface area contributed by atoms with E-state index < -0.39 is 5.91 Å². The van der Waals surface area contributed by atoms with Gasteiger partial charge >= 0.3 is 0 Å². The van der Waals surface area contributed by atoms with Crippen molar-refractivity contribution in [2.45, 2.75) is 53.0 Å². The zero-order valence-corrected chi connectivity index (χ0v) is 19.3. The number of aryl methyl sites for hydroxylation is 1. The first-order valence-corrected chi connectivity index (χ1v) is 10.9. The molecule has 0 aliphatic carbocycles. The number of primary amides is 1. The number of carbonyl (C=O) groups excluding carboxylic acids is 2. The summed E-state index contributed by atoms with van der Waals surface area (Å²) in [5, 5.41) is 17.5. The number of aromatic nitrogens is 3. The lowest BCUT2D eigenvalue weighted by Crippen LogP contribution is -2.14. The SMILES string of the molecule is CC(C)(C)Cc1cc(CC(=O)Cc2ccc(-c3nn(CCCO)c(N)c3C(N)=O)cc2)on1. The van der Waals surface area contributed by atoms with Crippen molar-refractivity contribution < 1.29 is 19.2 Å². The molecule has 3 aromatic rings. The van der Waals surface area contributed by atoms with Gasteiger partial charge in [0.05, 0.1) is 12.1 Å². The summed E-state index contributed by atoms with van der Waals surface area (Å²) in [6, 6.07) is 9.03. The Morgan fingerprint density at radius 1 is 1.15 bits per heavy atom. The molecule has 1 aromatic carbocycles. The fourth-order valence-electron chi connectivity index (χ4n) is 3.64. The van der Waals surface area contributed by atoms with Crippen LogP contribution in [0.4, 0.5) is 5.82 Å². The van der Waals surface area contributed by atoms with Gasteiger partial charge in [-0.2, -0.15) is 5.10 Å². The molecule has 176 valence electrons. The average molecular weight is 454 g/mol. The Balaban J connectivity index is 1.69. The Labute approximate surface area is 192 Å². The van der Waals surface area contributed by atoms with E-state index in [-0.39, 0.29) is 42.0 Å². The van der Waals surface area contributed by atoms with Gasteiger partial charge in [0.2, 0.25) is 0 Å². The molecular weight excluding hydrogens is 422 g/mol. The van der Waals surface area contributed by atoms with Gasteiger partial charge in [0.25, 0.3) is 5.91 Å². The Bertz CT molecular complexity index is 1120. The number of anilines is 1. The molecule has 5 N–H and O–H groups in total. The molecular formula is C24H31N5O4. The first-order chi connectivity index (χ1) is 15.6. The van der Waals surface area contributed by atoms with Crippen molar-refractivity contribution in [1.29, 1.82) is 0 Å². The van der Waals surface area contributed by atoms with Crippen LogP contribution in [0.15, 0.2) is 34.9 Å². The van der Waals surface area contributed by atoms with Crippen LogP contribution < -0.4 is 11.5 Å². The fourth-order valence-corrected chi connectivity index (χ4v) is 3.64. The molecule has 0 aliphatic heterocycles. The van der Waals surface area contributed by atoms with E-state index >= 15 is 0 Å². The molecule has 1 amide bonds. The third-order valence-electron chi connectivity index (χ3n) is 5.09. The number of amides is 1. The molecule has 0 saturated carbocycles. The summed E-state index contributed by atoms with van der Waals surface area (Å²) in [5.41, 5.74) is 14.5. The zero-order valence-electron chi connectivity index (χ0n) is 19.3. The minimum Gasteiger partial charge on any atom is -0.396 e. The van der Waals surface area contributed by atoms with Crippen molar-refractivity contribution in [2.75, 3.05) is 12.3 Å². The second-order valence-electron chi connectivity index (χ2n) is 9.38. The van der Waals surface area contributed by atoms with Crippen LogP contribution in [0.25, 0.3) is 11.3 Å². The summed E-state index contributed by atoms with van der Waals surface area (Å²) in [7, 11) is 0. The third kappa shape index (κ3) is 6.29. The number of ketones is 1. The molecule has 0 bridgehead atoms. The molecule has 0 aliphatic rings. The van der Waals surface area contributed by atoms with Gasteiger partial charge in [-0.25, -0.2) is 4.68 Å². The van der Waals surface area contributed by atoms with E-state index in [1.807, 2.05) is 18.2 Å². The highest BCUT2D eigenvalue weighted by Gasteiger charge is 2.21. The van der Waals surface area contributed by atoms with E-state index in [0.29, 0.717) is 30.0 Å². The summed E-state index contributed by atoms with van der Waals surface area (Å²) in [4.78, 5) is 24.5. The second kappa shape index (κ2) is 9.99. The van der Waals surface area contributed by atoms with E-state index in [2.05, 4.69) is 31.0 Å². The lowest BCUT2D eigenvalue weighted by Gasteiger charge is -2.14. The van der Waals surface area contributed by atoms with E-state index in [1.165, 1.54) is 4.68 Å². The molecule has 0 atom stereocenters. The van der Waals surface area contributed by atoms with Crippen molar-refractivity contribution in [3.05, 3.63) is 52.9 Å². The van der Waals surface area contributed by atoms with Crippen molar-refractivity contribution in [2.24, 2.45) is 11.1 Å². The van der Waals surface area contributed by atoms with Crippen molar-refractivity contribution in [1.82, 2.24) is 14.9 Å². The number of nitrogens with zero attached hydrogens (tertiary/aromatic N) is 3. The fraction of sp³-hybridized carbons (Fsp3) is 0.417. The van der Waals surface area contributed by atoms with Crippen LogP contribution in [-0.2, 0) is 30.6 Å². The average Bonchev–Trinajstić information content (AvgIpc) is 3.29. The number of benzene rings is 1. The maximum atomic E-state index is 12.5. The highest BCUT2D eigenvalue weighted by Crippen LogP contribution is 2.28. The predicted octanol–water partition coefficient (Wildman–Crippen LogP) is 2.54. The smallest absolute Gasteiger partial charge is 0.254 e. The van der Waals surface area contributed by atoms with Crippen LogP contribution >= 0.6 is 0 Å². The Hall–Kier alpha value is -3.46. The van der Waals surface area contributed by atoms with E-state index in [1.54, 1.807) is 12.1 Å². The monoisotopic (exact) mass is 453 g/mol. The standard InChI is InChI=1S/C24H31N5O4/c1-24(2,3)14-17-12-19(33-28-17)13-18(31)11-15-5-7-16(8-6-15)21-20(23(26)32)22(25)29(27-21)9-4-10-30/h5-8,12,30H,4,9-11,13-14,25H2,1-3H3,(H2,26,32). The van der Waals surface area contributed by atoms with Crippen molar-refractivity contribution in [3.8, 4) is 11.3 Å². The highest BCUT2D eigenvalue weighted by molar-refractivity contribution is 6.03. The van der Waals surface area contributed by atoms with Gasteiger partial charge in [0.1, 0.15) is 28.6 Å². The molecule has 2 heterocycles. The highest BCUT2D eigenvalue weighted by atomic mass is 16.5. The topological polar surface area (TPSA) is 150 Å². The van der Waals surface area contributed by atoms with Crippen LogP contribution in [0.1, 0.15) is 54.6 Å². The molecule has 0 unspecified atom stereocenters. The largest absolute Gasteiger partial charge is 0.396 e. The summed E-state index contributed by atoms with van der Waals surface area (Å²) in [6.07, 6.45) is 1.65. The number of aliphatic hydroxyl groups excluding tert-OH is 1. The van der Waals surface area contributed by atoms with E-state index in [4.69, 9.17) is 21.1 Å². The number of hydrogen-bond donors (Lipinski definition) is 3. The maximum absolute atomic E-state index is 12.5. The summed E-state index contributed by atoms with van der Waals surface area (Å²) in [6.45, 7) is 6.72. The quantitative estimate of drug-likeness (QED) is 0.427. The number of carbonyl (C=O) groups is 2. The van der Waals surface area contributed by atoms with Gasteiger partial charge in [-0.1, -0.05) is 50.2 Å². The summed E-state index contributed by atoms with van der Waals surface area (Å²) >= 11 is 0. The van der Waals surface area contributed by atoms with Gasteiger partial charge in [-0.3, -0.25) is 9.59 Å². The zero-order chi connectivity index (χ0) is 24.2. The van der Waals surface area contributed by atoms with Crippen LogP contribution in [-0.4, -0.2) is 38.3 Å². The predicted molar refractivity (Wildman–Crippen MR) is 124 cm³/mol. The number of hydrogen-bond acceptors (Lipinski definition) is 7. The number of nitrogen functional groups attached to an aromatic ring is 1. The van der Waals surface area contributed by atoms with Gasteiger partial charge in [0.15, 0.2) is 0 Å². The maximum Gasteiger partial charge on any atom is 0.254 e.